The van der Waals surface area contributed by atoms with Crippen molar-refractivity contribution in [3.63, 3.8) is 0 Å². The summed E-state index contributed by atoms with van der Waals surface area (Å²) in [5, 5.41) is 0. The minimum Gasteiger partial charge on any atom is -0.330 e. The highest BCUT2D eigenvalue weighted by atomic mass is 17.0. The van der Waals surface area contributed by atoms with Crippen LogP contribution < -0.4 is 5.73 Å². The predicted octanol–water partition coefficient (Wildman–Crippen LogP) is 3.00. The Balaban J connectivity index is 5.52. The number of hydroxylamine groups is 4. The Bertz CT molecular complexity index is 222. The molecule has 0 aromatic heterocycles. The van der Waals surface area contributed by atoms with Crippen molar-refractivity contribution < 1.29 is 19.2 Å². The molecule has 0 fully saturated rings. The highest BCUT2D eigenvalue weighted by molar-refractivity contribution is 4.68. The average Bonchev–Trinajstić information content (AvgIpc) is 2.44. The molecule has 5 heteroatoms. The molecule has 1 unspecified atom stereocenters. The van der Waals surface area contributed by atoms with Crippen LogP contribution in [0, 0.1) is 0 Å². The zero-order valence-corrected chi connectivity index (χ0v) is 14.1. The lowest BCUT2D eigenvalue weighted by Gasteiger charge is -2.46. The summed E-state index contributed by atoms with van der Waals surface area (Å²) in [6, 6.07) is 0. The zero-order chi connectivity index (χ0) is 15.5. The summed E-state index contributed by atoms with van der Waals surface area (Å²) in [6.07, 6.45) is 3.55. The smallest absolute Gasteiger partial charge is 0.264 e. The molecular formula is C15H35N2O3+. The number of ether oxygens (including phenoxy) is 1. The molecule has 0 saturated carbocycles. The number of quaternary nitrogens is 1. The van der Waals surface area contributed by atoms with E-state index in [-0.39, 0.29) is 4.81 Å². The average molecular weight is 291 g/mol. The van der Waals surface area contributed by atoms with Gasteiger partial charge in [-0.1, -0.05) is 13.8 Å². The van der Waals surface area contributed by atoms with E-state index in [2.05, 4.69) is 13.8 Å². The quantitative estimate of drug-likeness (QED) is 0.322. The minimum absolute atomic E-state index is 0.126. The maximum Gasteiger partial charge on any atom is 0.264 e. The van der Waals surface area contributed by atoms with Gasteiger partial charge in [0.15, 0.2) is 0 Å². The molecule has 0 rings (SSSR count). The predicted molar refractivity (Wildman–Crippen MR) is 81.6 cm³/mol. The van der Waals surface area contributed by atoms with Gasteiger partial charge in [0.1, 0.15) is 19.8 Å². The summed E-state index contributed by atoms with van der Waals surface area (Å²) in [6.45, 7) is 13.5. The molecule has 122 valence electrons. The molecule has 0 radical (unpaired) electrons. The van der Waals surface area contributed by atoms with Crippen LogP contribution in [-0.4, -0.2) is 43.4 Å². The molecule has 0 heterocycles. The highest BCUT2D eigenvalue weighted by Crippen LogP contribution is 2.36. The van der Waals surface area contributed by atoms with Gasteiger partial charge in [0.2, 0.25) is 0 Å². The van der Waals surface area contributed by atoms with Crippen molar-refractivity contribution in [3.8, 4) is 0 Å². The van der Waals surface area contributed by atoms with Crippen LogP contribution in [0.4, 0.5) is 0 Å². The second-order valence-corrected chi connectivity index (χ2v) is 4.86. The van der Waals surface area contributed by atoms with Gasteiger partial charge in [-0.2, -0.15) is 9.68 Å². The first-order valence-electron chi connectivity index (χ1n) is 8.13. The van der Waals surface area contributed by atoms with Crippen molar-refractivity contribution in [1.29, 1.82) is 0 Å². The summed E-state index contributed by atoms with van der Waals surface area (Å²) in [4.78, 5) is 12.3. The normalized spacial score (nSPS) is 15.3. The molecule has 5 nitrogen and oxygen atoms in total. The standard InChI is InChI=1S/C15H35N2O3/c1-6-14-17(19-9-4,20-10-5)15(7-2,18-8-3)12-11-13-16/h6-14,16H2,1-5H3/q+1. The largest absolute Gasteiger partial charge is 0.330 e. The fourth-order valence-electron chi connectivity index (χ4n) is 2.82. The maximum absolute atomic E-state index is 6.17. The highest BCUT2D eigenvalue weighted by Gasteiger charge is 2.55. The summed E-state index contributed by atoms with van der Waals surface area (Å²) in [5.41, 5.74) is 5.23. The van der Waals surface area contributed by atoms with Crippen LogP contribution in [0.2, 0.25) is 0 Å². The van der Waals surface area contributed by atoms with Crippen LogP contribution in [0.5, 0.6) is 0 Å². The van der Waals surface area contributed by atoms with E-state index in [4.69, 9.17) is 20.1 Å². The van der Waals surface area contributed by atoms with E-state index in [0.717, 1.165) is 32.2 Å². The van der Waals surface area contributed by atoms with Gasteiger partial charge < -0.3 is 10.5 Å². The topological polar surface area (TPSA) is 53.7 Å². The Morgan fingerprint density at radius 1 is 0.950 bits per heavy atom. The molecule has 0 spiro atoms. The first kappa shape index (κ1) is 19.8. The fraction of sp³-hybridized carbons (Fsp3) is 1.00. The summed E-state index contributed by atoms with van der Waals surface area (Å²) < 4.78 is 6.17. The summed E-state index contributed by atoms with van der Waals surface area (Å²) in [7, 11) is 0. The lowest BCUT2D eigenvalue weighted by atomic mass is 10.0. The molecule has 0 bridgehead atoms. The number of rotatable bonds is 13. The van der Waals surface area contributed by atoms with Crippen molar-refractivity contribution in [2.24, 2.45) is 5.73 Å². The number of nitrogens with two attached hydrogens (primary N) is 1. The monoisotopic (exact) mass is 291 g/mol. The third-order valence-corrected chi connectivity index (χ3v) is 3.55. The van der Waals surface area contributed by atoms with E-state index >= 15 is 0 Å². The molecule has 0 aromatic carbocycles. The third-order valence-electron chi connectivity index (χ3n) is 3.55. The van der Waals surface area contributed by atoms with Gasteiger partial charge in [-0.05, 0) is 45.0 Å². The van der Waals surface area contributed by atoms with E-state index in [0.29, 0.717) is 26.4 Å². The number of hydrogen-bond donors (Lipinski definition) is 1. The van der Waals surface area contributed by atoms with Crippen LogP contribution in [-0.2, 0) is 14.4 Å². The zero-order valence-electron chi connectivity index (χ0n) is 14.1. The molecule has 0 aliphatic heterocycles. The molecule has 1 atom stereocenters. The minimum atomic E-state index is -0.476. The Labute approximate surface area is 124 Å². The van der Waals surface area contributed by atoms with Crippen LogP contribution in [0.25, 0.3) is 0 Å². The molecule has 0 aromatic rings. The van der Waals surface area contributed by atoms with Gasteiger partial charge >= 0.3 is 0 Å². The van der Waals surface area contributed by atoms with Gasteiger partial charge in [-0.15, -0.1) is 0 Å². The van der Waals surface area contributed by atoms with Crippen molar-refractivity contribution in [2.75, 3.05) is 32.9 Å². The molecule has 0 aliphatic carbocycles. The second-order valence-electron chi connectivity index (χ2n) is 4.86. The van der Waals surface area contributed by atoms with E-state index in [1.165, 1.54) is 0 Å². The Morgan fingerprint density at radius 2 is 1.55 bits per heavy atom. The van der Waals surface area contributed by atoms with Crippen molar-refractivity contribution >= 4 is 0 Å². The fourth-order valence-corrected chi connectivity index (χ4v) is 2.82. The van der Waals surface area contributed by atoms with E-state index in [1.54, 1.807) is 0 Å². The molecule has 0 saturated heterocycles. The van der Waals surface area contributed by atoms with Crippen LogP contribution in [0.3, 0.4) is 0 Å². The lowest BCUT2D eigenvalue weighted by Crippen LogP contribution is -2.65. The third kappa shape index (κ3) is 4.67. The van der Waals surface area contributed by atoms with E-state index in [1.807, 2.05) is 20.8 Å². The van der Waals surface area contributed by atoms with Gasteiger partial charge in [0, 0.05) is 12.8 Å². The Morgan fingerprint density at radius 3 is 1.90 bits per heavy atom. The second kappa shape index (κ2) is 10.5. The maximum atomic E-state index is 6.17. The number of hydrogen-bond acceptors (Lipinski definition) is 4. The van der Waals surface area contributed by atoms with Gasteiger partial charge in [0.05, 0.1) is 6.61 Å². The van der Waals surface area contributed by atoms with Crippen LogP contribution >= 0.6 is 0 Å². The Kier molecular flexibility index (Phi) is 10.4. The van der Waals surface area contributed by atoms with Crippen LogP contribution in [0.15, 0.2) is 0 Å². The van der Waals surface area contributed by atoms with Crippen molar-refractivity contribution in [1.82, 2.24) is 0 Å². The van der Waals surface area contributed by atoms with E-state index < -0.39 is 5.72 Å². The number of nitrogens with zero attached hydrogens (tertiary/aromatic N) is 1. The van der Waals surface area contributed by atoms with Gasteiger partial charge in [-0.25, -0.2) is 0 Å². The van der Waals surface area contributed by atoms with Gasteiger partial charge in [-0.3, -0.25) is 0 Å². The summed E-state index contributed by atoms with van der Waals surface area (Å²) >= 11 is 0. The van der Waals surface area contributed by atoms with Gasteiger partial charge in [0.25, 0.3) is 5.72 Å². The Hall–Kier alpha value is -0.200. The summed E-state index contributed by atoms with van der Waals surface area (Å²) in [5.74, 6) is 0. The molecule has 2 N–H and O–H groups in total. The first-order valence-corrected chi connectivity index (χ1v) is 8.13. The van der Waals surface area contributed by atoms with Crippen LogP contribution in [0.1, 0.15) is 60.3 Å². The SMILES string of the molecule is CCC[N+](OCC)(OCC)C(CC)(CCCN)OCC. The molecule has 0 amide bonds. The molecule has 0 aliphatic rings. The lowest BCUT2D eigenvalue weighted by molar-refractivity contribution is -1.29. The van der Waals surface area contributed by atoms with Crippen molar-refractivity contribution in [2.45, 2.75) is 66.0 Å². The molecular weight excluding hydrogens is 256 g/mol. The van der Waals surface area contributed by atoms with E-state index in [9.17, 15) is 0 Å². The van der Waals surface area contributed by atoms with Crippen molar-refractivity contribution in [3.05, 3.63) is 0 Å². The molecule has 20 heavy (non-hydrogen) atoms. The first-order chi connectivity index (χ1) is 9.61.